The third kappa shape index (κ3) is 6.64. The van der Waals surface area contributed by atoms with Crippen molar-refractivity contribution in [2.24, 2.45) is 4.99 Å². The van der Waals surface area contributed by atoms with Gasteiger partial charge >= 0.3 is 88.7 Å². The van der Waals surface area contributed by atoms with Crippen LogP contribution in [0.1, 0.15) is 0 Å². The van der Waals surface area contributed by atoms with Crippen molar-refractivity contribution < 1.29 is 137 Å². The zero-order valence-electron chi connectivity index (χ0n) is 19.9. The van der Waals surface area contributed by atoms with Crippen molar-refractivity contribution in [2.75, 3.05) is 13.7 Å². The molecule has 0 aliphatic heterocycles. The molecule has 0 unspecified atom stereocenters. The van der Waals surface area contributed by atoms with Gasteiger partial charge in [0.1, 0.15) is 37.5 Å². The van der Waals surface area contributed by atoms with Gasteiger partial charge in [0, 0.05) is 39.4 Å². The number of hydrogen-bond donors (Lipinski definition) is 1. The minimum atomic E-state index is -5.28. The van der Waals surface area contributed by atoms with Crippen molar-refractivity contribution in [3.05, 3.63) is 36.4 Å². The summed E-state index contributed by atoms with van der Waals surface area (Å²) in [5, 5.41) is 10.5. The van der Waals surface area contributed by atoms with Crippen molar-refractivity contribution in [1.29, 1.82) is 0 Å². The van der Waals surface area contributed by atoms with Crippen LogP contribution < -0.4 is 98.5 Å². The van der Waals surface area contributed by atoms with Gasteiger partial charge in [0.15, 0.2) is 0 Å². The normalized spacial score (nSPS) is 12.7. The second-order valence-electron chi connectivity index (χ2n) is 7.11. The fourth-order valence-corrected chi connectivity index (χ4v) is 5.98. The largest absolute Gasteiger partial charge is 1.00 e. The molecular weight excluding hydrogens is 583 g/mol. The van der Waals surface area contributed by atoms with Crippen LogP contribution in [-0.2, 0) is 30.4 Å². The molecule has 1 N–H and O–H groups in total. The first-order valence-corrected chi connectivity index (χ1v) is 13.3. The topological polar surface area (TPSA) is 213 Å². The second-order valence-corrected chi connectivity index (χ2v) is 11.2. The van der Waals surface area contributed by atoms with E-state index in [4.69, 9.17) is 4.74 Å². The van der Waals surface area contributed by atoms with E-state index < -0.39 is 57.5 Å². The molecule has 0 atom stereocenters. The number of benzene rings is 4. The Morgan fingerprint density at radius 1 is 0.784 bits per heavy atom. The number of hydrogen-bond acceptors (Lipinski definition) is 11. The fraction of sp³-hybridized carbons (Fsp3) is 0.105. The van der Waals surface area contributed by atoms with Crippen molar-refractivity contribution in [3.63, 3.8) is 0 Å². The number of aliphatic imine (C=N–C) groups is 1. The average molecular weight is 595 g/mol. The summed E-state index contributed by atoms with van der Waals surface area (Å²) in [7, 11) is -14.2. The van der Waals surface area contributed by atoms with Gasteiger partial charge in [-0.3, -0.25) is 4.55 Å². The van der Waals surface area contributed by atoms with E-state index in [1.807, 2.05) is 0 Å². The quantitative estimate of drug-likeness (QED) is 0.0726. The smallest absolute Gasteiger partial charge is 0.860 e. The molecule has 4 rings (SSSR count). The van der Waals surface area contributed by atoms with Crippen molar-refractivity contribution in [3.8, 4) is 5.75 Å². The van der Waals surface area contributed by atoms with E-state index in [0.29, 0.717) is 6.07 Å². The van der Waals surface area contributed by atoms with Crippen LogP contribution in [0.2, 0.25) is 0 Å². The van der Waals surface area contributed by atoms with E-state index in [-0.39, 0.29) is 127 Å². The van der Waals surface area contributed by atoms with Gasteiger partial charge in [0.2, 0.25) is 0 Å². The van der Waals surface area contributed by atoms with E-state index >= 15 is 0 Å². The minimum Gasteiger partial charge on any atom is -0.860 e. The second kappa shape index (κ2) is 12.2. The molecule has 0 fully saturated rings. The van der Waals surface area contributed by atoms with Crippen LogP contribution in [-0.4, -0.2) is 58.5 Å². The zero-order valence-corrected chi connectivity index (χ0v) is 28.3. The molecule has 4 aromatic rings. The Balaban J connectivity index is 0.00000228. The first-order valence-electron chi connectivity index (χ1n) is 9.08. The van der Waals surface area contributed by atoms with Gasteiger partial charge in [-0.05, 0) is 30.2 Å². The van der Waals surface area contributed by atoms with Crippen LogP contribution in [0.4, 0.5) is 0 Å². The van der Waals surface area contributed by atoms with E-state index in [1.165, 1.54) is 7.05 Å². The summed E-state index contributed by atoms with van der Waals surface area (Å²) in [6.45, 7) is -0.592. The summed E-state index contributed by atoms with van der Waals surface area (Å²) < 4.78 is 111. The Morgan fingerprint density at radius 3 is 1.76 bits per heavy atom. The Labute approximate surface area is 277 Å². The Hall–Kier alpha value is -0.0800. The summed E-state index contributed by atoms with van der Waals surface area (Å²) in [6, 6.07) is 5.83. The summed E-state index contributed by atoms with van der Waals surface area (Å²) in [5.74, 6) is -0.845. The summed E-state index contributed by atoms with van der Waals surface area (Å²) in [6.07, 6.45) is 0. The molecule has 0 saturated heterocycles. The summed E-state index contributed by atoms with van der Waals surface area (Å²) in [5.41, 5.74) is 0. The standard InChI is InChI=1S/C19H15NO11S3.3Na/c1-20-17(21)8-31-13-6-12-16(34(28,29)30)7-15(33(25,26)27)11-3-2-10-14(32(22,23)24)5-4-9(13)18(10)19(11)12;;;/h2-7H,8H2,1H3,(H,20,21)(H,22,23,24)(H,25,26,27)(H,28,29,30);;;/q;3*+1/p-3. The predicted molar refractivity (Wildman–Crippen MR) is 115 cm³/mol. The van der Waals surface area contributed by atoms with Gasteiger partial charge < -0.3 is 23.9 Å². The van der Waals surface area contributed by atoms with Gasteiger partial charge in [-0.25, -0.2) is 16.8 Å². The molecule has 37 heavy (non-hydrogen) atoms. The average Bonchev–Trinajstić information content (AvgIpc) is 2.72. The SMILES string of the molecule is CN=C([O-])COc1cc2c(S(=O)(=O)O)cc(S(=O)(=O)[O-])c3ccc4c(S(=O)(=O)[O-])ccc1c4c32.[Na+].[Na+].[Na+]. The van der Waals surface area contributed by atoms with E-state index in [0.717, 1.165) is 30.3 Å². The maximum absolute atomic E-state index is 12.1. The molecule has 4 aromatic carbocycles. The molecule has 18 heteroatoms. The van der Waals surface area contributed by atoms with Crippen molar-refractivity contribution >= 4 is 68.6 Å². The van der Waals surface area contributed by atoms with Crippen LogP contribution in [0.15, 0.2) is 56.1 Å². The van der Waals surface area contributed by atoms with Crippen molar-refractivity contribution in [2.45, 2.75) is 14.7 Å². The molecule has 0 saturated carbocycles. The van der Waals surface area contributed by atoms with Gasteiger partial charge in [-0.15, -0.1) is 0 Å². The van der Waals surface area contributed by atoms with Crippen molar-refractivity contribution in [1.82, 2.24) is 0 Å². The first-order chi connectivity index (χ1) is 15.6. The molecule has 0 aliphatic rings. The number of ether oxygens (including phenoxy) is 1. The Kier molecular flexibility index (Phi) is 11.5. The summed E-state index contributed by atoms with van der Waals surface area (Å²) in [4.78, 5) is 0.730. The first kappa shape index (κ1) is 34.9. The predicted octanol–water partition coefficient (Wildman–Crippen LogP) is -8.58. The molecule has 0 radical (unpaired) electrons. The van der Waals surface area contributed by atoms with Crippen LogP contribution in [0.3, 0.4) is 0 Å². The molecule has 0 heterocycles. The third-order valence-electron chi connectivity index (χ3n) is 5.16. The molecule has 0 amide bonds. The molecule has 0 spiro atoms. The third-order valence-corrected chi connectivity index (χ3v) is 7.83. The molecule has 180 valence electrons. The molecule has 0 bridgehead atoms. The number of rotatable bonds is 6. The molecular formula is C19H12NNa3O11S3. The Morgan fingerprint density at radius 2 is 1.27 bits per heavy atom. The maximum atomic E-state index is 12.1. The maximum Gasteiger partial charge on any atom is 1.00 e. The van der Waals surface area contributed by atoms with Gasteiger partial charge in [0.25, 0.3) is 10.1 Å². The molecule has 12 nitrogen and oxygen atoms in total. The molecule has 0 aromatic heterocycles. The Bertz CT molecular complexity index is 1860. The van der Waals surface area contributed by atoms with Crippen LogP contribution in [0, 0.1) is 0 Å². The van der Waals surface area contributed by atoms with Crippen LogP contribution in [0.5, 0.6) is 5.75 Å². The fourth-order valence-electron chi connectivity index (χ4n) is 3.82. The monoisotopic (exact) mass is 595 g/mol. The zero-order chi connectivity index (χ0) is 25.2. The van der Waals surface area contributed by atoms with Gasteiger partial charge in [0.05, 0.1) is 9.79 Å². The van der Waals surface area contributed by atoms with Crippen LogP contribution in [0.25, 0.3) is 32.3 Å². The molecule has 0 aliphatic carbocycles. The van der Waals surface area contributed by atoms with Gasteiger partial charge in [-0.2, -0.15) is 8.42 Å². The summed E-state index contributed by atoms with van der Waals surface area (Å²) >= 11 is 0. The minimum absolute atomic E-state index is 0. The van der Waals surface area contributed by atoms with Crippen LogP contribution >= 0.6 is 0 Å². The van der Waals surface area contributed by atoms with Gasteiger partial charge in [-0.1, -0.05) is 12.1 Å². The number of nitrogens with zero attached hydrogens (tertiary/aromatic N) is 1. The van der Waals surface area contributed by atoms with E-state index in [9.17, 15) is 44.0 Å². The van der Waals surface area contributed by atoms with E-state index in [2.05, 4.69) is 4.99 Å². The van der Waals surface area contributed by atoms with E-state index in [1.54, 1.807) is 0 Å².